The average molecular weight is 426 g/mol. The minimum absolute atomic E-state index is 0.131. The quantitative estimate of drug-likeness (QED) is 0.560. The van der Waals surface area contributed by atoms with Crippen molar-refractivity contribution in [3.8, 4) is 17.2 Å². The second-order valence-corrected chi connectivity index (χ2v) is 8.17. The van der Waals surface area contributed by atoms with Gasteiger partial charge in [0.2, 0.25) is 0 Å². The fourth-order valence-corrected chi connectivity index (χ4v) is 3.72. The molecule has 0 fully saturated rings. The molecule has 0 spiro atoms. The third-order valence-electron chi connectivity index (χ3n) is 5.12. The molecule has 0 bridgehead atoms. The molecule has 4 rings (SSSR count). The van der Waals surface area contributed by atoms with Gasteiger partial charge >= 0.3 is 0 Å². The van der Waals surface area contributed by atoms with Crippen LogP contribution in [0.5, 0.6) is 17.2 Å². The first-order valence-electron chi connectivity index (χ1n) is 9.96. The smallest absolute Gasteiger partial charge is 0.257 e. The van der Waals surface area contributed by atoms with Gasteiger partial charge in [-0.1, -0.05) is 0 Å². The molecule has 0 aliphatic carbocycles. The predicted molar refractivity (Wildman–Crippen MR) is 112 cm³/mol. The standard InChI is InChI=1S/C23H23FN2O5/c1-23(2)10-19(28)22-18(27)8-15(9-20(22)31-23)30-12-21(29)25-6-5-13-11-26-17-4-3-14(24)7-16(13)17/h3-4,7-9,11,26-27H,5-6,10,12H2,1-2H3,(H,25,29). The Balaban J connectivity index is 1.33. The van der Waals surface area contributed by atoms with Crippen molar-refractivity contribution in [2.75, 3.05) is 13.2 Å². The summed E-state index contributed by atoms with van der Waals surface area (Å²) < 4.78 is 24.7. The van der Waals surface area contributed by atoms with E-state index < -0.39 is 5.60 Å². The van der Waals surface area contributed by atoms with Crippen molar-refractivity contribution in [1.29, 1.82) is 0 Å². The molecular formula is C23H23FN2O5. The van der Waals surface area contributed by atoms with E-state index >= 15 is 0 Å². The van der Waals surface area contributed by atoms with E-state index in [1.54, 1.807) is 26.1 Å². The van der Waals surface area contributed by atoms with Gasteiger partial charge < -0.3 is 24.9 Å². The summed E-state index contributed by atoms with van der Waals surface area (Å²) in [6.45, 7) is 3.66. The average Bonchev–Trinajstić information content (AvgIpc) is 3.07. The van der Waals surface area contributed by atoms with Crippen LogP contribution in [0, 0.1) is 5.82 Å². The highest BCUT2D eigenvalue weighted by Gasteiger charge is 2.35. The number of aromatic amines is 1. The number of aromatic nitrogens is 1. The normalized spacial score (nSPS) is 14.7. The SMILES string of the molecule is CC1(C)CC(=O)c2c(O)cc(OCC(=O)NCCc3c[nH]c4ccc(F)cc34)cc2O1. The van der Waals surface area contributed by atoms with E-state index in [1.165, 1.54) is 24.3 Å². The van der Waals surface area contributed by atoms with Gasteiger partial charge in [0.1, 0.15) is 34.2 Å². The third kappa shape index (κ3) is 4.47. The number of rotatable bonds is 6. The minimum atomic E-state index is -0.683. The Labute approximate surface area is 178 Å². The number of ether oxygens (including phenoxy) is 2. The van der Waals surface area contributed by atoms with Crippen molar-refractivity contribution < 1.29 is 28.6 Å². The van der Waals surface area contributed by atoms with Crippen LogP contribution in [0.15, 0.2) is 36.5 Å². The van der Waals surface area contributed by atoms with Crippen molar-refractivity contribution in [3.05, 3.63) is 53.5 Å². The lowest BCUT2D eigenvalue weighted by molar-refractivity contribution is -0.123. The molecule has 7 nitrogen and oxygen atoms in total. The molecule has 31 heavy (non-hydrogen) atoms. The highest BCUT2D eigenvalue weighted by molar-refractivity contribution is 6.03. The topological polar surface area (TPSA) is 101 Å². The first-order chi connectivity index (χ1) is 14.7. The maximum atomic E-state index is 13.5. The number of phenolic OH excluding ortho intramolecular Hbond substituents is 1. The van der Waals surface area contributed by atoms with Gasteiger partial charge in [0.05, 0.1) is 6.42 Å². The van der Waals surface area contributed by atoms with Crippen LogP contribution < -0.4 is 14.8 Å². The van der Waals surface area contributed by atoms with Gasteiger partial charge in [0.15, 0.2) is 12.4 Å². The summed E-state index contributed by atoms with van der Waals surface area (Å²) in [5, 5.41) is 13.7. The van der Waals surface area contributed by atoms with E-state index in [-0.39, 0.29) is 53.3 Å². The Morgan fingerprint density at radius 1 is 1.32 bits per heavy atom. The van der Waals surface area contributed by atoms with E-state index in [0.29, 0.717) is 13.0 Å². The van der Waals surface area contributed by atoms with Gasteiger partial charge in [-0.15, -0.1) is 0 Å². The lowest BCUT2D eigenvalue weighted by Gasteiger charge is -2.32. The fraction of sp³-hybridized carbons (Fsp3) is 0.304. The van der Waals surface area contributed by atoms with Gasteiger partial charge in [-0.3, -0.25) is 9.59 Å². The van der Waals surface area contributed by atoms with E-state index in [9.17, 15) is 19.1 Å². The number of fused-ring (bicyclic) bond motifs is 2. The zero-order valence-corrected chi connectivity index (χ0v) is 17.3. The monoisotopic (exact) mass is 426 g/mol. The molecule has 0 radical (unpaired) electrons. The first kappa shape index (κ1) is 20.7. The van der Waals surface area contributed by atoms with Crippen molar-refractivity contribution in [1.82, 2.24) is 10.3 Å². The number of ketones is 1. The molecule has 162 valence electrons. The van der Waals surface area contributed by atoms with Gasteiger partial charge in [-0.2, -0.15) is 0 Å². The highest BCUT2D eigenvalue weighted by atomic mass is 19.1. The molecule has 1 aliphatic rings. The molecule has 1 amide bonds. The molecule has 2 heterocycles. The molecule has 0 saturated heterocycles. The second kappa shape index (κ2) is 7.94. The fourth-order valence-electron chi connectivity index (χ4n) is 3.72. The number of amides is 1. The molecule has 8 heteroatoms. The Morgan fingerprint density at radius 3 is 2.94 bits per heavy atom. The minimum Gasteiger partial charge on any atom is -0.507 e. The zero-order chi connectivity index (χ0) is 22.2. The number of nitrogens with one attached hydrogen (secondary N) is 2. The lowest BCUT2D eigenvalue weighted by atomic mass is 9.92. The number of halogens is 1. The van der Waals surface area contributed by atoms with Gasteiger partial charge in [-0.25, -0.2) is 4.39 Å². The van der Waals surface area contributed by atoms with E-state index in [2.05, 4.69) is 10.3 Å². The second-order valence-electron chi connectivity index (χ2n) is 8.17. The predicted octanol–water partition coefficient (Wildman–Crippen LogP) is 3.49. The number of H-pyrrole nitrogens is 1. The Morgan fingerprint density at radius 2 is 2.13 bits per heavy atom. The van der Waals surface area contributed by atoms with Crippen molar-refractivity contribution in [2.24, 2.45) is 0 Å². The van der Waals surface area contributed by atoms with E-state index in [1.807, 2.05) is 0 Å². The van der Waals surface area contributed by atoms with Crippen LogP contribution >= 0.6 is 0 Å². The maximum absolute atomic E-state index is 13.5. The molecule has 0 atom stereocenters. The number of carbonyl (C=O) groups excluding carboxylic acids is 2. The number of aromatic hydroxyl groups is 1. The Hall–Kier alpha value is -3.55. The molecule has 1 aromatic heterocycles. The van der Waals surface area contributed by atoms with Crippen LogP contribution in [0.25, 0.3) is 10.9 Å². The number of hydrogen-bond acceptors (Lipinski definition) is 5. The van der Waals surface area contributed by atoms with Gasteiger partial charge in [0, 0.05) is 35.8 Å². The summed E-state index contributed by atoms with van der Waals surface area (Å²) in [7, 11) is 0. The Bertz CT molecular complexity index is 1170. The maximum Gasteiger partial charge on any atom is 0.257 e. The molecule has 2 aromatic carbocycles. The summed E-state index contributed by atoms with van der Waals surface area (Å²) in [6, 6.07) is 7.33. The van der Waals surface area contributed by atoms with Gasteiger partial charge in [-0.05, 0) is 44.0 Å². The number of carbonyl (C=O) groups is 2. The molecule has 3 N–H and O–H groups in total. The van der Waals surface area contributed by atoms with Crippen molar-refractivity contribution in [3.63, 3.8) is 0 Å². The zero-order valence-electron chi connectivity index (χ0n) is 17.3. The van der Waals surface area contributed by atoms with E-state index in [0.717, 1.165) is 16.5 Å². The van der Waals surface area contributed by atoms with Crippen LogP contribution in [0.4, 0.5) is 4.39 Å². The molecule has 1 aliphatic heterocycles. The lowest BCUT2D eigenvalue weighted by Crippen LogP contribution is -2.36. The molecule has 0 saturated carbocycles. The molecule has 0 unspecified atom stereocenters. The summed E-state index contributed by atoms with van der Waals surface area (Å²) >= 11 is 0. The van der Waals surface area contributed by atoms with Crippen molar-refractivity contribution in [2.45, 2.75) is 32.3 Å². The number of Topliss-reactive ketones (excluding diaryl/α,β-unsaturated/α-hetero) is 1. The Kier molecular flexibility index (Phi) is 5.31. The summed E-state index contributed by atoms with van der Waals surface area (Å²) in [4.78, 5) is 27.5. The molecular weight excluding hydrogens is 403 g/mol. The summed E-state index contributed by atoms with van der Waals surface area (Å²) in [6.07, 6.45) is 2.49. The number of benzene rings is 2. The number of hydrogen-bond donors (Lipinski definition) is 3. The number of phenols is 1. The van der Waals surface area contributed by atoms with Crippen LogP contribution in [-0.4, -0.2) is 40.5 Å². The van der Waals surface area contributed by atoms with Crippen LogP contribution in [0.3, 0.4) is 0 Å². The third-order valence-corrected chi connectivity index (χ3v) is 5.12. The van der Waals surface area contributed by atoms with Crippen LogP contribution in [-0.2, 0) is 11.2 Å². The van der Waals surface area contributed by atoms with E-state index in [4.69, 9.17) is 9.47 Å². The largest absolute Gasteiger partial charge is 0.507 e. The summed E-state index contributed by atoms with van der Waals surface area (Å²) in [5.41, 5.74) is 1.19. The summed E-state index contributed by atoms with van der Waals surface area (Å²) in [5.74, 6) is -0.633. The highest BCUT2D eigenvalue weighted by Crippen LogP contribution is 2.40. The van der Waals surface area contributed by atoms with Gasteiger partial charge in [0.25, 0.3) is 5.91 Å². The van der Waals surface area contributed by atoms with Crippen molar-refractivity contribution >= 4 is 22.6 Å². The molecule has 3 aromatic rings. The first-order valence-corrected chi connectivity index (χ1v) is 9.96. The van der Waals surface area contributed by atoms with Crippen LogP contribution in [0.1, 0.15) is 36.2 Å². The van der Waals surface area contributed by atoms with Crippen LogP contribution in [0.2, 0.25) is 0 Å².